The predicted octanol–water partition coefficient (Wildman–Crippen LogP) is 4.99. The highest BCUT2D eigenvalue weighted by molar-refractivity contribution is 8.77. The summed E-state index contributed by atoms with van der Waals surface area (Å²) in [6, 6.07) is 0.218. The predicted molar refractivity (Wildman–Crippen MR) is 159 cm³/mol. The Morgan fingerprint density at radius 1 is 0.971 bits per heavy atom. The molecule has 35 heavy (non-hydrogen) atoms. The highest BCUT2D eigenvalue weighted by Crippen LogP contribution is 2.64. The second kappa shape index (κ2) is 15.1. The maximum absolute atomic E-state index is 5.94. The fourth-order valence-electron chi connectivity index (χ4n) is 4.03. The normalized spacial score (nSPS) is 18.1. The van der Waals surface area contributed by atoms with Gasteiger partial charge in [0, 0.05) is 57.6 Å². The summed E-state index contributed by atoms with van der Waals surface area (Å²) in [4.78, 5) is 13.2. The molecule has 0 fully saturated rings. The monoisotopic (exact) mass is 578 g/mol. The summed E-state index contributed by atoms with van der Waals surface area (Å²) in [6.45, 7) is 4.19. The lowest BCUT2D eigenvalue weighted by Gasteiger charge is -2.29. The quantitative estimate of drug-likeness (QED) is 0.119. The van der Waals surface area contributed by atoms with Gasteiger partial charge in [-0.15, -0.1) is 0 Å². The fraction of sp³-hybridized carbons (Fsp3) is 0.682. The van der Waals surface area contributed by atoms with Crippen molar-refractivity contribution in [1.82, 2.24) is 19.5 Å². The molecule has 13 heteroatoms. The van der Waals surface area contributed by atoms with E-state index in [1.807, 2.05) is 49.5 Å². The number of nitrogen functional groups attached to an aromatic ring is 1. The number of methoxy groups -OCH3 is 3. The Morgan fingerprint density at radius 2 is 1.60 bits per heavy atom. The molecule has 3 rings (SSSR count). The molecule has 0 unspecified atom stereocenters. The zero-order valence-electron chi connectivity index (χ0n) is 20.9. The second-order valence-electron chi connectivity index (χ2n) is 8.37. The van der Waals surface area contributed by atoms with Gasteiger partial charge in [0.1, 0.15) is 0 Å². The standard InChI is InChI=1S/C22H37N5O3PS4/c1-28-7-11-32-34-13-9-31(4,10-14-35-33-12-8-29-2)18-6-5-17(15-18)27-16-24-19-20(27)25-22(23)26-21(19)30-3/h5-6,16-18H,7-15H2,1-4H3,(H2,23,25,26)/q+1/t17-,18+/m0/s1. The van der Waals surface area contributed by atoms with Crippen LogP contribution in [0.2, 0.25) is 0 Å². The van der Waals surface area contributed by atoms with E-state index in [0.717, 1.165) is 36.8 Å². The summed E-state index contributed by atoms with van der Waals surface area (Å²) in [7, 11) is 11.7. The molecule has 8 nitrogen and oxygen atoms in total. The first kappa shape index (κ1) is 29.2. The fourth-order valence-corrected chi connectivity index (χ4v) is 14.2. The van der Waals surface area contributed by atoms with E-state index < -0.39 is 7.26 Å². The van der Waals surface area contributed by atoms with Crippen molar-refractivity contribution in [3.63, 3.8) is 0 Å². The lowest BCUT2D eigenvalue weighted by atomic mass is 10.2. The molecule has 2 atom stereocenters. The summed E-state index contributed by atoms with van der Waals surface area (Å²) < 4.78 is 17.9. The number of hydrogen-bond acceptors (Lipinski definition) is 11. The van der Waals surface area contributed by atoms with Gasteiger partial charge in [0.15, 0.2) is 11.2 Å². The summed E-state index contributed by atoms with van der Waals surface area (Å²) in [5.41, 5.74) is 7.93. The molecule has 0 aliphatic heterocycles. The molecule has 1 aliphatic rings. The van der Waals surface area contributed by atoms with Crippen LogP contribution >= 0.6 is 50.4 Å². The van der Waals surface area contributed by atoms with Gasteiger partial charge < -0.3 is 24.5 Å². The van der Waals surface area contributed by atoms with Crippen molar-refractivity contribution in [3.05, 3.63) is 18.5 Å². The van der Waals surface area contributed by atoms with Crippen LogP contribution in [0.4, 0.5) is 5.95 Å². The number of allylic oxidation sites excluding steroid dienone is 2. The number of hydrogen-bond donors (Lipinski definition) is 1. The van der Waals surface area contributed by atoms with Gasteiger partial charge in [0.25, 0.3) is 0 Å². The van der Waals surface area contributed by atoms with Crippen LogP contribution in [0.15, 0.2) is 18.5 Å². The zero-order valence-corrected chi connectivity index (χ0v) is 25.1. The highest BCUT2D eigenvalue weighted by Gasteiger charge is 2.42. The summed E-state index contributed by atoms with van der Waals surface area (Å²) in [6.07, 6.45) is 10.3. The van der Waals surface area contributed by atoms with E-state index in [2.05, 4.69) is 38.3 Å². The molecule has 0 bridgehead atoms. The maximum Gasteiger partial charge on any atom is 0.246 e. The van der Waals surface area contributed by atoms with Crippen molar-refractivity contribution in [2.75, 3.05) is 82.3 Å². The van der Waals surface area contributed by atoms with Gasteiger partial charge >= 0.3 is 0 Å². The number of imidazole rings is 1. The summed E-state index contributed by atoms with van der Waals surface area (Å²) in [5.74, 6) is 5.08. The van der Waals surface area contributed by atoms with Crippen LogP contribution in [0.25, 0.3) is 11.2 Å². The van der Waals surface area contributed by atoms with Crippen LogP contribution in [0, 0.1) is 0 Å². The van der Waals surface area contributed by atoms with Crippen LogP contribution in [0.5, 0.6) is 5.88 Å². The first-order valence-corrected chi connectivity index (χ1v) is 19.2. The van der Waals surface area contributed by atoms with E-state index in [-0.39, 0.29) is 12.0 Å². The number of ether oxygens (including phenoxy) is 3. The minimum absolute atomic E-state index is 0.206. The SMILES string of the molecule is COCCSSCC[P+](C)(CCSSCCOC)[C@@H]1C=C[C@H](n2cnc3c(OC)nc(N)nc32)C1. The van der Waals surface area contributed by atoms with E-state index in [0.29, 0.717) is 17.1 Å². The van der Waals surface area contributed by atoms with Crippen molar-refractivity contribution in [2.24, 2.45) is 0 Å². The molecule has 0 radical (unpaired) electrons. The summed E-state index contributed by atoms with van der Waals surface area (Å²) >= 11 is 0. The minimum Gasteiger partial charge on any atom is -0.479 e. The molecule has 0 spiro atoms. The number of rotatable bonds is 17. The van der Waals surface area contributed by atoms with Crippen molar-refractivity contribution in [2.45, 2.75) is 18.1 Å². The molecular formula is C22H37N5O3PS4+. The topological polar surface area (TPSA) is 97.3 Å². The Kier molecular flexibility index (Phi) is 12.6. The van der Waals surface area contributed by atoms with Crippen LogP contribution in [-0.4, -0.2) is 102 Å². The van der Waals surface area contributed by atoms with Crippen LogP contribution in [0.1, 0.15) is 12.5 Å². The number of nitrogens with two attached hydrogens (primary N) is 1. The number of aromatic nitrogens is 4. The molecule has 2 aromatic rings. The van der Waals surface area contributed by atoms with Crippen molar-refractivity contribution < 1.29 is 14.2 Å². The number of fused-ring (bicyclic) bond motifs is 1. The molecule has 0 saturated heterocycles. The van der Waals surface area contributed by atoms with Crippen LogP contribution in [-0.2, 0) is 9.47 Å². The second-order valence-corrected chi connectivity index (χ2v) is 18.3. The van der Waals surface area contributed by atoms with E-state index >= 15 is 0 Å². The zero-order chi connectivity index (χ0) is 25.1. The van der Waals surface area contributed by atoms with Gasteiger partial charge in [-0.25, -0.2) is 4.98 Å². The number of anilines is 1. The van der Waals surface area contributed by atoms with Gasteiger partial charge in [-0.3, -0.25) is 0 Å². The number of nitrogens with zero attached hydrogens (tertiary/aromatic N) is 4. The summed E-state index contributed by atoms with van der Waals surface area (Å²) in [5, 5.41) is 0. The van der Waals surface area contributed by atoms with Gasteiger partial charge in [0.05, 0.1) is 50.7 Å². The van der Waals surface area contributed by atoms with Crippen LogP contribution < -0.4 is 10.5 Å². The Labute approximate surface area is 225 Å². The average molecular weight is 579 g/mol. The van der Waals surface area contributed by atoms with Gasteiger partial charge in [-0.1, -0.05) is 49.3 Å². The van der Waals surface area contributed by atoms with E-state index in [9.17, 15) is 0 Å². The minimum atomic E-state index is -1.19. The molecular weight excluding hydrogens is 542 g/mol. The van der Waals surface area contributed by atoms with Crippen molar-refractivity contribution in [3.8, 4) is 5.88 Å². The Morgan fingerprint density at radius 3 is 2.20 bits per heavy atom. The maximum atomic E-state index is 5.94. The molecule has 2 heterocycles. The first-order valence-electron chi connectivity index (χ1n) is 11.6. The first-order chi connectivity index (χ1) is 17.0. The van der Waals surface area contributed by atoms with E-state index in [1.54, 1.807) is 21.3 Å². The highest BCUT2D eigenvalue weighted by atomic mass is 33.1. The largest absolute Gasteiger partial charge is 0.479 e. The van der Waals surface area contributed by atoms with Crippen molar-refractivity contribution >= 4 is 67.6 Å². The third-order valence-corrected chi connectivity index (χ3v) is 15.9. The smallest absolute Gasteiger partial charge is 0.246 e. The Hall–Kier alpha value is -0.360. The Balaban J connectivity index is 1.66. The van der Waals surface area contributed by atoms with E-state index in [4.69, 9.17) is 19.9 Å². The van der Waals surface area contributed by atoms with E-state index in [1.165, 1.54) is 23.8 Å². The lowest BCUT2D eigenvalue weighted by Crippen LogP contribution is -2.19. The molecule has 0 saturated carbocycles. The van der Waals surface area contributed by atoms with Gasteiger partial charge in [-0.05, 0) is 6.08 Å². The molecule has 2 N–H and O–H groups in total. The molecule has 0 aromatic carbocycles. The molecule has 1 aliphatic carbocycles. The van der Waals surface area contributed by atoms with Crippen molar-refractivity contribution in [1.29, 1.82) is 0 Å². The van der Waals surface area contributed by atoms with Crippen LogP contribution in [0.3, 0.4) is 0 Å². The van der Waals surface area contributed by atoms with Gasteiger partial charge in [0.2, 0.25) is 11.8 Å². The van der Waals surface area contributed by atoms with Gasteiger partial charge in [-0.2, -0.15) is 9.97 Å². The average Bonchev–Trinajstić information content (AvgIpc) is 3.50. The Bertz CT molecular complexity index is 935. The molecule has 2 aromatic heterocycles. The molecule has 0 amide bonds. The third-order valence-electron chi connectivity index (χ3n) is 6.08. The third kappa shape index (κ3) is 8.32. The lowest BCUT2D eigenvalue weighted by molar-refractivity contribution is 0.219. The molecule has 196 valence electrons.